The van der Waals surface area contributed by atoms with Crippen molar-refractivity contribution in [1.82, 2.24) is 9.29 Å². The quantitative estimate of drug-likeness (QED) is 0.511. The summed E-state index contributed by atoms with van der Waals surface area (Å²) in [5.41, 5.74) is 4.54. The van der Waals surface area contributed by atoms with E-state index < -0.39 is 0 Å². The summed E-state index contributed by atoms with van der Waals surface area (Å²) in [7, 11) is 3.62. The Kier molecular flexibility index (Phi) is 5.17. The van der Waals surface area contributed by atoms with Crippen LogP contribution in [0.3, 0.4) is 0 Å². The zero-order chi connectivity index (χ0) is 17.8. The molecule has 1 aromatic heterocycles. The first-order chi connectivity index (χ1) is 12.2. The first-order valence-corrected chi connectivity index (χ1v) is 8.83. The summed E-state index contributed by atoms with van der Waals surface area (Å²) in [6.07, 6.45) is 0. The minimum Gasteiger partial charge on any atom is -0.497 e. The molecule has 0 saturated carbocycles. The van der Waals surface area contributed by atoms with Gasteiger partial charge in [-0.25, -0.2) is 4.72 Å². The number of benzene rings is 2. The number of nitrogens with zero attached hydrogens (tertiary/aromatic N) is 2. The van der Waals surface area contributed by atoms with Gasteiger partial charge in [-0.1, -0.05) is 19.1 Å². The van der Waals surface area contributed by atoms with E-state index in [9.17, 15) is 5.26 Å². The Hall–Kier alpha value is -2.62. The van der Waals surface area contributed by atoms with Crippen LogP contribution in [0.4, 0.5) is 5.69 Å². The summed E-state index contributed by atoms with van der Waals surface area (Å²) in [6.45, 7) is 2.93. The molecule has 0 aliphatic rings. The lowest BCUT2D eigenvalue weighted by molar-refractivity contribution is 0.415. The second-order valence-electron chi connectivity index (χ2n) is 5.56. The number of anilines is 1. The highest BCUT2D eigenvalue weighted by Gasteiger charge is 2.17. The number of ether oxygens (including phenoxy) is 1. The molecule has 0 fully saturated rings. The van der Waals surface area contributed by atoms with E-state index >= 15 is 0 Å². The smallest absolute Gasteiger partial charge is 0.120 e. The minimum absolute atomic E-state index is 0.677. The Morgan fingerprint density at radius 3 is 2.80 bits per heavy atom. The lowest BCUT2D eigenvalue weighted by Crippen LogP contribution is -2.05. The molecule has 0 unspecified atom stereocenters. The number of fused-ring (bicyclic) bond motifs is 1. The highest BCUT2D eigenvalue weighted by molar-refractivity contribution is 7.98. The van der Waals surface area contributed by atoms with Gasteiger partial charge in [-0.15, -0.1) is 0 Å². The fraction of sp³-hybridized carbons (Fsp3) is 0.211. The largest absolute Gasteiger partial charge is 0.497 e. The predicted molar refractivity (Wildman–Crippen MR) is 105 cm³/mol. The molecule has 2 N–H and O–H groups in total. The van der Waals surface area contributed by atoms with Crippen LogP contribution in [0, 0.1) is 11.3 Å². The average molecular weight is 352 g/mol. The number of aryl methyl sites for hydroxylation is 1. The summed E-state index contributed by atoms with van der Waals surface area (Å²) in [4.78, 5) is 0. The number of hydrogen-bond acceptors (Lipinski definition) is 5. The second-order valence-corrected chi connectivity index (χ2v) is 6.26. The number of hydrogen-bond donors (Lipinski definition) is 2. The fourth-order valence-electron chi connectivity index (χ4n) is 2.89. The maximum Gasteiger partial charge on any atom is 0.120 e. The third-order valence-corrected chi connectivity index (χ3v) is 4.81. The summed E-state index contributed by atoms with van der Waals surface area (Å²) < 4.78 is 13.8. The zero-order valence-corrected chi connectivity index (χ0v) is 15.3. The molecule has 3 rings (SSSR count). The normalized spacial score (nSPS) is 10.6. The Balaban J connectivity index is 2.11. The zero-order valence-electron chi connectivity index (χ0n) is 14.5. The molecule has 25 heavy (non-hydrogen) atoms. The lowest BCUT2D eigenvalue weighted by atomic mass is 10.1. The van der Waals surface area contributed by atoms with Crippen molar-refractivity contribution in [2.24, 2.45) is 7.05 Å². The first-order valence-electron chi connectivity index (χ1n) is 8.01. The van der Waals surface area contributed by atoms with E-state index in [0.29, 0.717) is 5.56 Å². The van der Waals surface area contributed by atoms with Gasteiger partial charge in [0.25, 0.3) is 0 Å². The van der Waals surface area contributed by atoms with Crippen LogP contribution < -0.4 is 14.2 Å². The predicted octanol–water partition coefficient (Wildman–Crippen LogP) is 4.31. The topological polar surface area (TPSA) is 62.0 Å². The Morgan fingerprint density at radius 1 is 1.24 bits per heavy atom. The van der Waals surface area contributed by atoms with Crippen molar-refractivity contribution in [3.8, 4) is 23.1 Å². The second kappa shape index (κ2) is 7.51. The number of aromatic nitrogens is 1. The van der Waals surface area contributed by atoms with Crippen molar-refractivity contribution < 1.29 is 4.74 Å². The van der Waals surface area contributed by atoms with Crippen molar-refractivity contribution >= 4 is 28.7 Å². The molecule has 0 amide bonds. The number of methoxy groups -OCH3 is 1. The Labute approximate surface area is 151 Å². The van der Waals surface area contributed by atoms with Gasteiger partial charge in [0.1, 0.15) is 11.8 Å². The van der Waals surface area contributed by atoms with Crippen molar-refractivity contribution in [3.05, 3.63) is 48.0 Å². The van der Waals surface area contributed by atoms with Crippen LogP contribution in [0.25, 0.3) is 22.2 Å². The van der Waals surface area contributed by atoms with Crippen LogP contribution in [-0.2, 0) is 7.05 Å². The maximum absolute atomic E-state index is 9.74. The standard InChI is InChI=1S/C19H20N4OS/c1-4-21-25-22-14-7-5-6-13(10-14)19-17(12-20)16-9-8-15(24-3)11-18(16)23(19)2/h5-11,21-22H,4H2,1-3H3. The average Bonchev–Trinajstić information content (AvgIpc) is 2.93. The molecule has 3 aromatic rings. The van der Waals surface area contributed by atoms with Crippen molar-refractivity contribution in [2.75, 3.05) is 18.4 Å². The van der Waals surface area contributed by atoms with E-state index in [0.717, 1.165) is 40.1 Å². The molecule has 2 aromatic carbocycles. The number of nitrogens with one attached hydrogen (secondary N) is 2. The van der Waals surface area contributed by atoms with Crippen LogP contribution in [-0.4, -0.2) is 18.2 Å². The molecule has 1 heterocycles. The van der Waals surface area contributed by atoms with Gasteiger partial charge < -0.3 is 14.0 Å². The fourth-order valence-corrected chi connectivity index (χ4v) is 3.35. The Morgan fingerprint density at radius 2 is 2.08 bits per heavy atom. The van der Waals surface area contributed by atoms with Gasteiger partial charge in [-0.3, -0.25) is 0 Å². The molecule has 0 saturated heterocycles. The summed E-state index contributed by atoms with van der Waals surface area (Å²) in [5.74, 6) is 0.779. The molecule has 0 aliphatic carbocycles. The molecule has 0 atom stereocenters. The van der Waals surface area contributed by atoms with Crippen LogP contribution >= 0.6 is 12.1 Å². The van der Waals surface area contributed by atoms with Crippen LogP contribution in [0.1, 0.15) is 12.5 Å². The van der Waals surface area contributed by atoms with Gasteiger partial charge in [0.15, 0.2) is 0 Å². The monoisotopic (exact) mass is 352 g/mol. The molecule has 0 aliphatic heterocycles. The summed E-state index contributed by atoms with van der Waals surface area (Å²) >= 11 is 1.45. The number of nitriles is 1. The maximum atomic E-state index is 9.74. The molecule has 5 nitrogen and oxygen atoms in total. The molecule has 128 valence electrons. The SMILES string of the molecule is CCNSNc1cccc(-c2c(C#N)c3ccc(OC)cc3n2C)c1. The Bertz CT molecular complexity index is 942. The van der Waals surface area contributed by atoms with Gasteiger partial charge in [-0.05, 0) is 24.3 Å². The van der Waals surface area contributed by atoms with E-state index in [1.54, 1.807) is 7.11 Å². The highest BCUT2D eigenvalue weighted by atomic mass is 32.2. The summed E-state index contributed by atoms with van der Waals surface area (Å²) in [6, 6.07) is 16.2. The van der Waals surface area contributed by atoms with E-state index in [2.05, 4.69) is 21.6 Å². The molecular weight excluding hydrogens is 332 g/mol. The van der Waals surface area contributed by atoms with E-state index in [1.807, 2.05) is 54.9 Å². The van der Waals surface area contributed by atoms with Gasteiger partial charge in [0, 0.05) is 48.4 Å². The van der Waals surface area contributed by atoms with Crippen LogP contribution in [0.5, 0.6) is 5.75 Å². The highest BCUT2D eigenvalue weighted by Crippen LogP contribution is 2.35. The molecular formula is C19H20N4OS. The van der Waals surface area contributed by atoms with Crippen LogP contribution in [0.2, 0.25) is 0 Å². The number of rotatable bonds is 6. The molecule has 0 radical (unpaired) electrons. The van der Waals surface area contributed by atoms with Gasteiger partial charge in [0.05, 0.1) is 23.9 Å². The van der Waals surface area contributed by atoms with Gasteiger partial charge >= 0.3 is 0 Å². The molecule has 0 spiro atoms. The van der Waals surface area contributed by atoms with Crippen molar-refractivity contribution in [1.29, 1.82) is 5.26 Å². The summed E-state index contributed by atoms with van der Waals surface area (Å²) in [5, 5.41) is 10.7. The van der Waals surface area contributed by atoms with E-state index in [-0.39, 0.29) is 0 Å². The molecule has 6 heteroatoms. The third-order valence-electron chi connectivity index (χ3n) is 4.04. The first kappa shape index (κ1) is 17.2. The lowest BCUT2D eigenvalue weighted by Gasteiger charge is -2.09. The third kappa shape index (κ3) is 3.29. The minimum atomic E-state index is 0.677. The molecule has 0 bridgehead atoms. The van der Waals surface area contributed by atoms with Crippen molar-refractivity contribution in [2.45, 2.75) is 6.92 Å². The van der Waals surface area contributed by atoms with Crippen LogP contribution in [0.15, 0.2) is 42.5 Å². The van der Waals surface area contributed by atoms with E-state index in [4.69, 9.17) is 4.74 Å². The van der Waals surface area contributed by atoms with Gasteiger partial charge in [-0.2, -0.15) is 5.26 Å². The van der Waals surface area contributed by atoms with Crippen molar-refractivity contribution in [3.63, 3.8) is 0 Å². The van der Waals surface area contributed by atoms with Gasteiger partial charge in [0.2, 0.25) is 0 Å². The van der Waals surface area contributed by atoms with E-state index in [1.165, 1.54) is 12.1 Å².